The molecule has 1 aromatic rings. The molecule has 1 heterocycles. The first-order valence-corrected chi connectivity index (χ1v) is 4.61. The molecule has 0 fully saturated rings. The molecule has 1 unspecified atom stereocenters. The Balaban J connectivity index is 3.12. The van der Waals surface area contributed by atoms with Crippen LogP contribution in [0.5, 0.6) is 5.75 Å². The van der Waals surface area contributed by atoms with Crippen molar-refractivity contribution in [2.75, 3.05) is 13.7 Å². The number of methoxy groups -OCH3 is 1. The molecule has 0 aliphatic carbocycles. The molecule has 0 saturated carbocycles. The van der Waals surface area contributed by atoms with E-state index in [1.807, 2.05) is 13.8 Å². The van der Waals surface area contributed by atoms with Crippen LogP contribution in [0.25, 0.3) is 0 Å². The van der Waals surface area contributed by atoms with Crippen molar-refractivity contribution in [2.45, 2.75) is 26.0 Å². The lowest BCUT2D eigenvalue weighted by Crippen LogP contribution is -2.18. The Kier molecular flexibility index (Phi) is 3.49. The fourth-order valence-corrected chi connectivity index (χ4v) is 1.35. The lowest BCUT2D eigenvalue weighted by molar-refractivity contribution is 0.168. The van der Waals surface area contributed by atoms with Crippen LogP contribution in [0.15, 0.2) is 6.20 Å². The monoisotopic (exact) mass is 199 g/mol. The molecule has 0 saturated heterocycles. The minimum Gasteiger partial charge on any atom is -0.493 e. The smallest absolute Gasteiger partial charge is 0.162 e. The van der Waals surface area contributed by atoms with Crippen molar-refractivity contribution in [3.05, 3.63) is 11.9 Å². The minimum atomic E-state index is -0.727. The van der Waals surface area contributed by atoms with Gasteiger partial charge in [-0.15, -0.1) is 0 Å². The maximum atomic E-state index is 9.69. The third-order valence-corrected chi connectivity index (χ3v) is 2.05. The standard InChI is InChI=1S/C9H17N3O2/c1-6(2)12-9(7(13)4-10)8(14-3)5-11-12/h5-7,13H,4,10H2,1-3H3. The molecule has 5 heteroatoms. The van der Waals surface area contributed by atoms with Gasteiger partial charge in [-0.05, 0) is 13.8 Å². The number of rotatable bonds is 4. The molecule has 14 heavy (non-hydrogen) atoms. The van der Waals surface area contributed by atoms with E-state index >= 15 is 0 Å². The van der Waals surface area contributed by atoms with Gasteiger partial charge in [0.05, 0.1) is 13.3 Å². The summed E-state index contributed by atoms with van der Waals surface area (Å²) in [5.74, 6) is 0.580. The average Bonchev–Trinajstić information content (AvgIpc) is 2.59. The third kappa shape index (κ3) is 1.88. The number of nitrogens with zero attached hydrogens (tertiary/aromatic N) is 2. The second-order valence-corrected chi connectivity index (χ2v) is 3.39. The molecule has 1 atom stereocenters. The van der Waals surface area contributed by atoms with E-state index in [4.69, 9.17) is 10.5 Å². The van der Waals surface area contributed by atoms with Crippen LogP contribution in [0, 0.1) is 0 Å². The number of ether oxygens (including phenoxy) is 1. The molecule has 0 bridgehead atoms. The van der Waals surface area contributed by atoms with Crippen LogP contribution in [0.3, 0.4) is 0 Å². The van der Waals surface area contributed by atoms with Crippen LogP contribution in [0.1, 0.15) is 31.7 Å². The Morgan fingerprint density at radius 1 is 1.64 bits per heavy atom. The van der Waals surface area contributed by atoms with Crippen molar-refractivity contribution in [1.29, 1.82) is 0 Å². The van der Waals surface area contributed by atoms with Gasteiger partial charge in [0.25, 0.3) is 0 Å². The second kappa shape index (κ2) is 4.43. The zero-order valence-corrected chi connectivity index (χ0v) is 8.77. The summed E-state index contributed by atoms with van der Waals surface area (Å²) in [6, 6.07) is 0.176. The highest BCUT2D eigenvalue weighted by Gasteiger charge is 2.19. The fourth-order valence-electron chi connectivity index (χ4n) is 1.35. The van der Waals surface area contributed by atoms with Crippen LogP contribution in [-0.2, 0) is 0 Å². The predicted molar refractivity (Wildman–Crippen MR) is 53.2 cm³/mol. The van der Waals surface area contributed by atoms with Gasteiger partial charge in [-0.1, -0.05) is 0 Å². The van der Waals surface area contributed by atoms with Gasteiger partial charge in [0.1, 0.15) is 11.8 Å². The second-order valence-electron chi connectivity index (χ2n) is 3.39. The number of nitrogens with two attached hydrogens (primary N) is 1. The van der Waals surface area contributed by atoms with Crippen molar-refractivity contribution < 1.29 is 9.84 Å². The Morgan fingerprint density at radius 3 is 2.71 bits per heavy atom. The van der Waals surface area contributed by atoms with E-state index in [0.29, 0.717) is 11.4 Å². The number of hydrogen-bond donors (Lipinski definition) is 2. The molecule has 1 rings (SSSR count). The van der Waals surface area contributed by atoms with Gasteiger partial charge in [-0.25, -0.2) is 0 Å². The fraction of sp³-hybridized carbons (Fsp3) is 0.667. The summed E-state index contributed by atoms with van der Waals surface area (Å²) < 4.78 is 6.82. The van der Waals surface area contributed by atoms with Crippen LogP contribution < -0.4 is 10.5 Å². The van der Waals surface area contributed by atoms with Gasteiger partial charge in [0.15, 0.2) is 5.75 Å². The van der Waals surface area contributed by atoms with E-state index in [1.54, 1.807) is 18.0 Å². The zero-order valence-electron chi connectivity index (χ0n) is 8.77. The van der Waals surface area contributed by atoms with Crippen molar-refractivity contribution in [3.8, 4) is 5.75 Å². The van der Waals surface area contributed by atoms with E-state index in [0.717, 1.165) is 0 Å². The zero-order chi connectivity index (χ0) is 10.7. The minimum absolute atomic E-state index is 0.161. The van der Waals surface area contributed by atoms with E-state index in [-0.39, 0.29) is 12.6 Å². The van der Waals surface area contributed by atoms with Gasteiger partial charge in [-0.3, -0.25) is 4.68 Å². The van der Waals surface area contributed by atoms with Gasteiger partial charge in [0.2, 0.25) is 0 Å². The number of aromatic nitrogens is 2. The lowest BCUT2D eigenvalue weighted by atomic mass is 10.2. The summed E-state index contributed by atoms with van der Waals surface area (Å²) in [7, 11) is 1.55. The number of aliphatic hydroxyl groups is 1. The number of aliphatic hydroxyl groups excluding tert-OH is 1. The first-order valence-electron chi connectivity index (χ1n) is 4.61. The Bertz CT molecular complexity index is 296. The molecule has 0 spiro atoms. The highest BCUT2D eigenvalue weighted by Crippen LogP contribution is 2.26. The Hall–Kier alpha value is -1.07. The SMILES string of the molecule is COc1cnn(C(C)C)c1C(O)CN. The average molecular weight is 199 g/mol. The predicted octanol–water partition coefficient (Wildman–Crippen LogP) is 0.465. The van der Waals surface area contributed by atoms with E-state index < -0.39 is 6.10 Å². The molecule has 5 nitrogen and oxygen atoms in total. The maximum absolute atomic E-state index is 9.69. The molecule has 0 aromatic carbocycles. The summed E-state index contributed by atoms with van der Waals surface area (Å²) in [6.45, 7) is 4.13. The van der Waals surface area contributed by atoms with E-state index in [1.165, 1.54) is 0 Å². The quantitative estimate of drug-likeness (QED) is 0.739. The van der Waals surface area contributed by atoms with Crippen molar-refractivity contribution >= 4 is 0 Å². The molecule has 0 aliphatic rings. The van der Waals surface area contributed by atoms with Crippen molar-refractivity contribution in [1.82, 2.24) is 9.78 Å². The van der Waals surface area contributed by atoms with Gasteiger partial charge < -0.3 is 15.6 Å². The van der Waals surface area contributed by atoms with Crippen LogP contribution in [0.4, 0.5) is 0 Å². The highest BCUT2D eigenvalue weighted by molar-refractivity contribution is 5.27. The van der Waals surface area contributed by atoms with Crippen molar-refractivity contribution in [2.24, 2.45) is 5.73 Å². The van der Waals surface area contributed by atoms with Crippen LogP contribution >= 0.6 is 0 Å². The molecule has 1 aromatic heterocycles. The highest BCUT2D eigenvalue weighted by atomic mass is 16.5. The van der Waals surface area contributed by atoms with Gasteiger partial charge in [0, 0.05) is 12.6 Å². The maximum Gasteiger partial charge on any atom is 0.162 e. The number of hydrogen-bond acceptors (Lipinski definition) is 4. The molecule has 0 radical (unpaired) electrons. The largest absolute Gasteiger partial charge is 0.493 e. The third-order valence-electron chi connectivity index (χ3n) is 2.05. The molecule has 3 N–H and O–H groups in total. The van der Waals surface area contributed by atoms with E-state index in [2.05, 4.69) is 5.10 Å². The van der Waals surface area contributed by atoms with Gasteiger partial charge in [-0.2, -0.15) is 5.10 Å². The molecule has 80 valence electrons. The first kappa shape index (κ1) is 11.0. The van der Waals surface area contributed by atoms with E-state index in [9.17, 15) is 5.11 Å². The molecule has 0 aliphatic heterocycles. The topological polar surface area (TPSA) is 73.3 Å². The summed E-state index contributed by atoms with van der Waals surface area (Å²) in [5.41, 5.74) is 6.05. The van der Waals surface area contributed by atoms with Crippen LogP contribution in [0.2, 0.25) is 0 Å². The Labute approximate surface area is 83.5 Å². The summed E-state index contributed by atoms with van der Waals surface area (Å²) in [6.07, 6.45) is 0.864. The summed E-state index contributed by atoms with van der Waals surface area (Å²) >= 11 is 0. The molecule has 0 amide bonds. The van der Waals surface area contributed by atoms with Gasteiger partial charge >= 0.3 is 0 Å². The van der Waals surface area contributed by atoms with Crippen LogP contribution in [-0.4, -0.2) is 28.5 Å². The normalized spacial score (nSPS) is 13.3. The first-order chi connectivity index (χ1) is 6.61. The molecular weight excluding hydrogens is 182 g/mol. The summed E-state index contributed by atoms with van der Waals surface area (Å²) in [5, 5.41) is 13.8. The lowest BCUT2D eigenvalue weighted by Gasteiger charge is -2.15. The van der Waals surface area contributed by atoms with Crippen molar-refractivity contribution in [3.63, 3.8) is 0 Å². The Morgan fingerprint density at radius 2 is 2.29 bits per heavy atom. The summed E-state index contributed by atoms with van der Waals surface area (Å²) in [4.78, 5) is 0. The molecular formula is C9H17N3O2.